The Morgan fingerprint density at radius 3 is 2.20 bits per heavy atom. The third-order valence-corrected chi connectivity index (χ3v) is 6.37. The van der Waals surface area contributed by atoms with Gasteiger partial charge in [-0.1, -0.05) is 53.5 Å². The number of rotatable bonds is 5. The van der Waals surface area contributed by atoms with Crippen molar-refractivity contribution in [2.24, 2.45) is 0 Å². The number of halogens is 5. The quantitative estimate of drug-likeness (QED) is 0.565. The Morgan fingerprint density at radius 2 is 1.63 bits per heavy atom. The zero-order valence-corrected chi connectivity index (χ0v) is 18.2. The summed E-state index contributed by atoms with van der Waals surface area (Å²) in [6.07, 6.45) is -2.57. The highest BCUT2D eigenvalue weighted by molar-refractivity contribution is 6.40. The van der Waals surface area contributed by atoms with Gasteiger partial charge < -0.3 is 5.32 Å². The maximum atomic E-state index is 13.3. The van der Waals surface area contributed by atoms with E-state index in [9.17, 15) is 18.0 Å². The molecule has 0 bridgehead atoms. The lowest BCUT2D eigenvalue weighted by molar-refractivity contribution is -0.137. The average molecular weight is 459 g/mol. The number of likely N-dealkylation sites (tertiary alicyclic amines) is 1. The topological polar surface area (TPSA) is 32.3 Å². The Bertz CT molecular complexity index is 911. The van der Waals surface area contributed by atoms with E-state index in [-0.39, 0.29) is 10.6 Å². The number of benzene rings is 2. The third-order valence-electron chi connectivity index (χ3n) is 5.66. The summed E-state index contributed by atoms with van der Waals surface area (Å²) in [5, 5.41) is 2.09. The zero-order valence-electron chi connectivity index (χ0n) is 16.7. The van der Waals surface area contributed by atoms with Crippen LogP contribution in [0.15, 0.2) is 42.5 Å². The van der Waals surface area contributed by atoms with Gasteiger partial charge in [0.25, 0.3) is 5.91 Å². The van der Waals surface area contributed by atoms with Gasteiger partial charge in [0.1, 0.15) is 0 Å². The highest BCUT2D eigenvalue weighted by atomic mass is 35.5. The van der Waals surface area contributed by atoms with Crippen molar-refractivity contribution < 1.29 is 18.0 Å². The first kappa shape index (κ1) is 22.9. The van der Waals surface area contributed by atoms with Gasteiger partial charge in [-0.3, -0.25) is 9.69 Å². The molecule has 162 valence electrons. The van der Waals surface area contributed by atoms with Crippen LogP contribution in [0.25, 0.3) is 0 Å². The number of nitrogens with one attached hydrogen (secondary N) is 1. The number of nitrogens with zero attached hydrogens (tertiary/aromatic N) is 1. The first-order chi connectivity index (χ1) is 14.0. The van der Waals surface area contributed by atoms with Gasteiger partial charge in [-0.05, 0) is 57.5 Å². The van der Waals surface area contributed by atoms with Crippen molar-refractivity contribution in [3.63, 3.8) is 0 Å². The molecule has 8 heteroatoms. The van der Waals surface area contributed by atoms with Gasteiger partial charge in [0, 0.05) is 5.54 Å². The Kier molecular flexibility index (Phi) is 6.70. The van der Waals surface area contributed by atoms with E-state index in [0.29, 0.717) is 0 Å². The van der Waals surface area contributed by atoms with Crippen LogP contribution >= 0.6 is 23.2 Å². The van der Waals surface area contributed by atoms with E-state index in [1.807, 2.05) is 44.2 Å². The molecule has 0 spiro atoms. The number of hydrogen-bond donors (Lipinski definition) is 1. The first-order valence-electron chi connectivity index (χ1n) is 9.69. The summed E-state index contributed by atoms with van der Waals surface area (Å²) in [5.41, 5.74) is -1.09. The SMILES string of the molecule is CC(C)(C(NC(=O)c1c(Cl)ccc(C(F)(F)F)c1Cl)c1ccccc1)N1CCCC1. The fourth-order valence-electron chi connectivity index (χ4n) is 3.97. The molecule has 1 heterocycles. The molecule has 2 aromatic rings. The molecule has 1 N–H and O–H groups in total. The average Bonchev–Trinajstić information content (AvgIpc) is 3.21. The van der Waals surface area contributed by atoms with E-state index in [1.165, 1.54) is 0 Å². The van der Waals surface area contributed by atoms with Gasteiger partial charge in [0.05, 0.1) is 27.2 Å². The molecule has 3 rings (SSSR count). The molecule has 0 radical (unpaired) electrons. The van der Waals surface area contributed by atoms with Crippen LogP contribution < -0.4 is 5.32 Å². The Morgan fingerprint density at radius 1 is 1.03 bits per heavy atom. The molecule has 1 atom stereocenters. The van der Waals surface area contributed by atoms with Crippen molar-refractivity contribution in [1.82, 2.24) is 10.2 Å². The van der Waals surface area contributed by atoms with E-state index in [0.717, 1.165) is 43.6 Å². The number of alkyl halides is 3. The molecule has 3 nitrogen and oxygen atoms in total. The zero-order chi connectivity index (χ0) is 22.1. The van der Waals surface area contributed by atoms with Crippen molar-refractivity contribution in [2.75, 3.05) is 13.1 Å². The molecule has 1 amide bonds. The normalized spacial score (nSPS) is 16.5. The van der Waals surface area contributed by atoms with Crippen LogP contribution in [-0.2, 0) is 6.18 Å². The predicted molar refractivity (Wildman–Crippen MR) is 113 cm³/mol. The molecule has 1 unspecified atom stereocenters. The Labute approximate surface area is 184 Å². The van der Waals surface area contributed by atoms with E-state index < -0.39 is 34.3 Å². The number of carbonyl (C=O) groups excluding carboxylic acids is 1. The van der Waals surface area contributed by atoms with Gasteiger partial charge in [0.15, 0.2) is 0 Å². The van der Waals surface area contributed by atoms with Crippen molar-refractivity contribution >= 4 is 29.1 Å². The molecule has 30 heavy (non-hydrogen) atoms. The maximum Gasteiger partial charge on any atom is 0.417 e. The molecule has 0 aromatic heterocycles. The minimum Gasteiger partial charge on any atom is -0.343 e. The summed E-state index contributed by atoms with van der Waals surface area (Å²) in [6.45, 7) is 5.81. The van der Waals surface area contributed by atoms with Crippen LogP contribution in [0, 0.1) is 0 Å². The Hall–Kier alpha value is -1.76. The summed E-state index contributed by atoms with van der Waals surface area (Å²) in [4.78, 5) is 15.4. The van der Waals surface area contributed by atoms with Gasteiger partial charge in [-0.2, -0.15) is 13.2 Å². The fraction of sp³-hybridized carbons (Fsp3) is 0.409. The highest BCUT2D eigenvalue weighted by Gasteiger charge is 2.40. The van der Waals surface area contributed by atoms with Crippen molar-refractivity contribution in [2.45, 2.75) is 44.4 Å². The summed E-state index contributed by atoms with van der Waals surface area (Å²) < 4.78 is 39.8. The monoisotopic (exact) mass is 458 g/mol. The second kappa shape index (κ2) is 8.77. The molecular weight excluding hydrogens is 436 g/mol. The molecule has 1 aliphatic heterocycles. The smallest absolute Gasteiger partial charge is 0.343 e. The minimum atomic E-state index is -4.69. The molecule has 1 aliphatic rings. The van der Waals surface area contributed by atoms with Crippen LogP contribution in [-0.4, -0.2) is 29.4 Å². The lowest BCUT2D eigenvalue weighted by atomic mass is 9.86. The van der Waals surface area contributed by atoms with Crippen LogP contribution in [0.5, 0.6) is 0 Å². The lowest BCUT2D eigenvalue weighted by Crippen LogP contribution is -2.52. The molecule has 2 aromatic carbocycles. The lowest BCUT2D eigenvalue weighted by Gasteiger charge is -2.42. The molecular formula is C22H23Cl2F3N2O. The number of hydrogen-bond acceptors (Lipinski definition) is 2. The highest BCUT2D eigenvalue weighted by Crippen LogP contribution is 2.40. The van der Waals surface area contributed by atoms with Gasteiger partial charge >= 0.3 is 6.18 Å². The van der Waals surface area contributed by atoms with Gasteiger partial charge in [-0.15, -0.1) is 0 Å². The second-order valence-electron chi connectivity index (χ2n) is 7.95. The van der Waals surface area contributed by atoms with Crippen LogP contribution in [0.2, 0.25) is 10.0 Å². The van der Waals surface area contributed by atoms with Gasteiger partial charge in [-0.25, -0.2) is 0 Å². The van der Waals surface area contributed by atoms with E-state index in [1.54, 1.807) is 0 Å². The molecule has 1 saturated heterocycles. The van der Waals surface area contributed by atoms with Gasteiger partial charge in [0.2, 0.25) is 0 Å². The van der Waals surface area contributed by atoms with Crippen molar-refractivity contribution in [3.05, 3.63) is 69.2 Å². The van der Waals surface area contributed by atoms with Crippen LogP contribution in [0.3, 0.4) is 0 Å². The van der Waals surface area contributed by atoms with Crippen LogP contribution in [0.4, 0.5) is 13.2 Å². The van der Waals surface area contributed by atoms with Crippen molar-refractivity contribution in [1.29, 1.82) is 0 Å². The second-order valence-corrected chi connectivity index (χ2v) is 8.73. The standard InChI is InChI=1S/C22H23Cl2F3N2O/c1-21(2,29-12-6-7-13-29)19(14-8-4-3-5-9-14)28-20(30)17-16(23)11-10-15(18(17)24)22(25,26)27/h3-5,8-11,19H,6-7,12-13H2,1-2H3,(H,28,30). The summed E-state index contributed by atoms with van der Waals surface area (Å²) in [5.74, 6) is -0.739. The third kappa shape index (κ3) is 4.61. The molecule has 0 aliphatic carbocycles. The first-order valence-corrected chi connectivity index (χ1v) is 10.4. The Balaban J connectivity index is 2.01. The number of carbonyl (C=O) groups is 1. The van der Waals surface area contributed by atoms with E-state index in [4.69, 9.17) is 23.2 Å². The molecule has 1 fully saturated rings. The fourth-order valence-corrected chi connectivity index (χ4v) is 4.62. The van der Waals surface area contributed by atoms with E-state index >= 15 is 0 Å². The maximum absolute atomic E-state index is 13.3. The molecule has 0 saturated carbocycles. The summed E-state index contributed by atoms with van der Waals surface area (Å²) in [6, 6.07) is 10.7. The predicted octanol–water partition coefficient (Wildman–Crippen LogP) is 6.36. The summed E-state index contributed by atoms with van der Waals surface area (Å²) >= 11 is 12.1. The number of amides is 1. The minimum absolute atomic E-state index is 0.128. The largest absolute Gasteiger partial charge is 0.417 e. The summed E-state index contributed by atoms with van der Waals surface area (Å²) in [7, 11) is 0. The van der Waals surface area contributed by atoms with Crippen LogP contribution in [0.1, 0.15) is 54.2 Å². The van der Waals surface area contributed by atoms with E-state index in [2.05, 4.69) is 10.2 Å². The van der Waals surface area contributed by atoms with Crippen molar-refractivity contribution in [3.8, 4) is 0 Å².